The molecule has 3 rings (SSSR count). The first-order chi connectivity index (χ1) is 11.5. The highest BCUT2D eigenvalue weighted by Gasteiger charge is 2.37. The number of thioether (sulfide) groups is 1. The minimum Gasteiger partial charge on any atom is -0.378 e. The number of amides is 1. The lowest BCUT2D eigenvalue weighted by molar-refractivity contribution is -0.114. The number of rotatable bonds is 3. The molecular weight excluding hydrogens is 342 g/mol. The molecule has 0 fully saturated rings. The minimum absolute atomic E-state index is 0.131. The Morgan fingerprint density at radius 3 is 2.67 bits per heavy atom. The van der Waals surface area contributed by atoms with Crippen molar-refractivity contribution in [2.45, 2.75) is 6.92 Å². The van der Waals surface area contributed by atoms with Gasteiger partial charge < -0.3 is 4.90 Å². The fourth-order valence-electron chi connectivity index (χ4n) is 2.26. The molecule has 1 aromatic carbocycles. The molecule has 2 heterocycles. The van der Waals surface area contributed by atoms with E-state index in [0.717, 1.165) is 29.0 Å². The lowest BCUT2D eigenvalue weighted by Crippen LogP contribution is -2.41. The molecule has 0 spiro atoms. The number of amidine groups is 3. The van der Waals surface area contributed by atoms with E-state index in [1.54, 1.807) is 11.0 Å². The number of fused-ring (bicyclic) bond motifs is 1. The Kier molecular flexibility index (Phi) is 4.77. The van der Waals surface area contributed by atoms with E-state index in [2.05, 4.69) is 9.39 Å². The average Bonchev–Trinajstić information content (AvgIpc) is 2.95. The predicted octanol–water partition coefficient (Wildman–Crippen LogP) is 3.08. The largest absolute Gasteiger partial charge is 0.378 e. The van der Waals surface area contributed by atoms with Gasteiger partial charge in [-0.15, -0.1) is 0 Å². The van der Waals surface area contributed by atoms with Crippen molar-refractivity contribution < 1.29 is 4.79 Å². The summed E-state index contributed by atoms with van der Waals surface area (Å²) in [6.07, 6.45) is 1.71. The highest BCUT2D eigenvalue weighted by molar-refractivity contribution is 8.19. The highest BCUT2D eigenvalue weighted by atomic mass is 32.2. The summed E-state index contributed by atoms with van der Waals surface area (Å²) in [5.74, 6) is 0.579. The van der Waals surface area contributed by atoms with Crippen LogP contribution in [0.15, 0.2) is 39.2 Å². The van der Waals surface area contributed by atoms with Crippen molar-refractivity contribution in [2.75, 3.05) is 24.7 Å². The van der Waals surface area contributed by atoms with Crippen LogP contribution in [0, 0.1) is 5.41 Å². The zero-order valence-corrected chi connectivity index (χ0v) is 15.2. The van der Waals surface area contributed by atoms with Crippen LogP contribution in [0.25, 0.3) is 6.08 Å². The van der Waals surface area contributed by atoms with Gasteiger partial charge in [-0.2, -0.15) is 9.39 Å². The second-order valence-electron chi connectivity index (χ2n) is 5.33. The first-order valence-corrected chi connectivity index (χ1v) is 9.16. The van der Waals surface area contributed by atoms with Gasteiger partial charge >= 0.3 is 0 Å². The van der Waals surface area contributed by atoms with Gasteiger partial charge in [-0.25, -0.2) is 4.90 Å². The molecule has 24 heavy (non-hydrogen) atoms. The van der Waals surface area contributed by atoms with E-state index in [0.29, 0.717) is 10.3 Å². The average molecular weight is 359 g/mol. The van der Waals surface area contributed by atoms with E-state index in [1.165, 1.54) is 11.8 Å². The Morgan fingerprint density at radius 1 is 1.33 bits per heavy atom. The van der Waals surface area contributed by atoms with Crippen molar-refractivity contribution in [3.05, 3.63) is 35.4 Å². The molecule has 0 saturated heterocycles. The number of hydrogen-bond donors (Lipinski definition) is 1. The van der Waals surface area contributed by atoms with Gasteiger partial charge in [-0.1, -0.05) is 30.8 Å². The quantitative estimate of drug-likeness (QED) is 0.663. The van der Waals surface area contributed by atoms with Gasteiger partial charge in [0, 0.05) is 19.8 Å². The summed E-state index contributed by atoms with van der Waals surface area (Å²) in [6, 6.07) is 7.81. The molecule has 0 radical (unpaired) electrons. The van der Waals surface area contributed by atoms with Crippen LogP contribution in [0.2, 0.25) is 0 Å². The van der Waals surface area contributed by atoms with Crippen molar-refractivity contribution >= 4 is 57.6 Å². The minimum atomic E-state index is -0.395. The smallest absolute Gasteiger partial charge is 0.283 e. The van der Waals surface area contributed by atoms with Crippen molar-refractivity contribution in [2.24, 2.45) is 9.39 Å². The van der Waals surface area contributed by atoms with Gasteiger partial charge in [0.1, 0.15) is 5.84 Å². The number of nitrogens with one attached hydrogen (secondary N) is 1. The summed E-state index contributed by atoms with van der Waals surface area (Å²) in [5, 5.41) is 9.57. The van der Waals surface area contributed by atoms with E-state index < -0.39 is 5.91 Å². The van der Waals surface area contributed by atoms with Crippen molar-refractivity contribution in [1.82, 2.24) is 4.90 Å². The van der Waals surface area contributed by atoms with Gasteiger partial charge in [0.25, 0.3) is 5.91 Å². The standard InChI is InChI=1S/C16H17N5OS2/c1-4-23-16-19-24-15-18-14(22)12(13(17)21(15)16)9-10-5-7-11(8-6-10)20(2)3/h5-9,17H,4H2,1-3H3. The van der Waals surface area contributed by atoms with Crippen LogP contribution in [0.3, 0.4) is 0 Å². The fourth-order valence-corrected chi connectivity index (χ4v) is 3.83. The monoisotopic (exact) mass is 359 g/mol. The van der Waals surface area contributed by atoms with E-state index in [1.807, 2.05) is 50.2 Å². The van der Waals surface area contributed by atoms with Gasteiger partial charge in [0.15, 0.2) is 5.17 Å². The number of carbonyl (C=O) groups excluding carboxylic acids is 1. The molecule has 1 aromatic rings. The van der Waals surface area contributed by atoms with Crippen LogP contribution in [-0.4, -0.2) is 46.8 Å². The van der Waals surface area contributed by atoms with Gasteiger partial charge in [-0.05, 0) is 29.5 Å². The van der Waals surface area contributed by atoms with Crippen LogP contribution < -0.4 is 4.90 Å². The Hall–Kier alpha value is -2.06. The number of benzene rings is 1. The number of aliphatic imine (C=N–C) groups is 1. The maximum atomic E-state index is 12.3. The summed E-state index contributed by atoms with van der Waals surface area (Å²) in [6.45, 7) is 2.02. The predicted molar refractivity (Wildman–Crippen MR) is 104 cm³/mol. The Morgan fingerprint density at radius 2 is 2.04 bits per heavy atom. The Bertz CT molecular complexity index is 780. The molecular formula is C16H17N5OS2. The summed E-state index contributed by atoms with van der Waals surface area (Å²) >= 11 is 2.68. The number of anilines is 1. The molecule has 124 valence electrons. The third kappa shape index (κ3) is 3.11. The molecule has 6 nitrogen and oxygen atoms in total. The molecule has 0 saturated carbocycles. The molecule has 8 heteroatoms. The molecule has 0 atom stereocenters. The van der Waals surface area contributed by atoms with Crippen LogP contribution in [-0.2, 0) is 4.79 Å². The summed E-state index contributed by atoms with van der Waals surface area (Å²) < 4.78 is 4.29. The summed E-state index contributed by atoms with van der Waals surface area (Å²) in [5.41, 5.74) is 2.22. The Balaban J connectivity index is 1.92. The molecule has 0 aliphatic carbocycles. The maximum Gasteiger partial charge on any atom is 0.283 e. The van der Waals surface area contributed by atoms with Crippen LogP contribution in [0.5, 0.6) is 0 Å². The van der Waals surface area contributed by atoms with Gasteiger partial charge in [0.2, 0.25) is 5.17 Å². The normalized spacial score (nSPS) is 18.6. The lowest BCUT2D eigenvalue weighted by atomic mass is 10.1. The third-order valence-corrected chi connectivity index (χ3v) is 5.13. The molecule has 1 N–H and O–H groups in total. The second-order valence-corrected chi connectivity index (χ2v) is 7.29. The Labute approximate surface area is 149 Å². The van der Waals surface area contributed by atoms with Crippen LogP contribution in [0.4, 0.5) is 5.69 Å². The van der Waals surface area contributed by atoms with Crippen molar-refractivity contribution in [3.8, 4) is 0 Å². The second kappa shape index (κ2) is 6.82. The number of carbonyl (C=O) groups is 1. The molecule has 2 aliphatic heterocycles. The zero-order chi connectivity index (χ0) is 17.3. The number of nitrogens with zero attached hydrogens (tertiary/aromatic N) is 4. The summed E-state index contributed by atoms with van der Waals surface area (Å²) in [7, 11) is 3.95. The van der Waals surface area contributed by atoms with E-state index in [-0.39, 0.29) is 11.4 Å². The molecule has 0 unspecified atom stereocenters. The van der Waals surface area contributed by atoms with Gasteiger partial charge in [0.05, 0.1) is 17.5 Å². The maximum absolute atomic E-state index is 12.3. The first kappa shape index (κ1) is 16.8. The topological polar surface area (TPSA) is 72.1 Å². The molecule has 0 aromatic heterocycles. The fraction of sp³-hybridized carbons (Fsp3) is 0.250. The van der Waals surface area contributed by atoms with E-state index in [9.17, 15) is 4.79 Å². The zero-order valence-electron chi connectivity index (χ0n) is 13.6. The molecule has 0 bridgehead atoms. The molecule has 1 amide bonds. The third-order valence-electron chi connectivity index (χ3n) is 3.49. The summed E-state index contributed by atoms with van der Waals surface area (Å²) in [4.78, 5) is 20.0. The number of hydrogen-bond acceptors (Lipinski definition) is 6. The van der Waals surface area contributed by atoms with Crippen LogP contribution >= 0.6 is 23.7 Å². The lowest BCUT2D eigenvalue weighted by Gasteiger charge is -2.24. The van der Waals surface area contributed by atoms with Crippen molar-refractivity contribution in [1.29, 1.82) is 5.41 Å². The SMILES string of the molecule is CCSC1=NSC2=NC(=O)C(=Cc3ccc(N(C)C)cc3)C(=N)N12. The van der Waals surface area contributed by atoms with Crippen molar-refractivity contribution in [3.63, 3.8) is 0 Å². The van der Waals surface area contributed by atoms with E-state index >= 15 is 0 Å². The molecule has 2 aliphatic rings. The first-order valence-electron chi connectivity index (χ1n) is 7.40. The van der Waals surface area contributed by atoms with Crippen LogP contribution in [0.1, 0.15) is 12.5 Å². The van der Waals surface area contributed by atoms with E-state index in [4.69, 9.17) is 5.41 Å². The highest BCUT2D eigenvalue weighted by Crippen LogP contribution is 2.31. The van der Waals surface area contributed by atoms with Gasteiger partial charge in [-0.3, -0.25) is 10.2 Å².